The van der Waals surface area contributed by atoms with Crippen molar-refractivity contribution in [3.8, 4) is 0 Å². The van der Waals surface area contributed by atoms with Gasteiger partial charge in [0.25, 0.3) is 0 Å². The molecule has 3 N–H and O–H groups in total. The summed E-state index contributed by atoms with van der Waals surface area (Å²) in [4.78, 5) is 19.8. The second-order valence-electron chi connectivity index (χ2n) is 10.0. The van der Waals surface area contributed by atoms with Crippen LogP contribution in [0.4, 0.5) is 0 Å². The Hall–Kier alpha value is -1.25. The average Bonchev–Trinajstić information content (AvgIpc) is 3.29. The maximum absolute atomic E-state index is 12.0. The van der Waals surface area contributed by atoms with Crippen LogP contribution in [0.2, 0.25) is 15.6 Å². The number of benzene rings is 1. The van der Waals surface area contributed by atoms with Gasteiger partial charge in [0.1, 0.15) is 16.7 Å². The van der Waals surface area contributed by atoms with Crippen molar-refractivity contribution in [1.82, 2.24) is 9.88 Å². The summed E-state index contributed by atoms with van der Waals surface area (Å²) in [5.74, 6) is 0.250. The van der Waals surface area contributed by atoms with E-state index < -0.39 is 11.6 Å². The third-order valence-electron chi connectivity index (χ3n) is 7.35. The summed E-state index contributed by atoms with van der Waals surface area (Å²) < 4.78 is 0. The molecule has 3 atom stereocenters. The van der Waals surface area contributed by atoms with Gasteiger partial charge in [0, 0.05) is 22.6 Å². The van der Waals surface area contributed by atoms with Crippen LogP contribution in [-0.4, -0.2) is 43.2 Å². The summed E-state index contributed by atoms with van der Waals surface area (Å²) >= 11 is 8.17. The predicted molar refractivity (Wildman–Crippen MR) is 131 cm³/mol. The first-order valence-corrected chi connectivity index (χ1v) is 13.6. The van der Waals surface area contributed by atoms with Crippen molar-refractivity contribution in [2.45, 2.75) is 75.2 Å². The van der Waals surface area contributed by atoms with Crippen LogP contribution in [0.1, 0.15) is 68.4 Å². The van der Waals surface area contributed by atoms with E-state index in [1.807, 2.05) is 30.5 Å². The van der Waals surface area contributed by atoms with Crippen LogP contribution in [0.15, 0.2) is 30.5 Å². The normalized spacial score (nSPS) is 24.1. The number of aromatic nitrogens is 1. The van der Waals surface area contributed by atoms with E-state index in [9.17, 15) is 9.90 Å². The van der Waals surface area contributed by atoms with Crippen LogP contribution in [-0.2, 0) is 10.2 Å². The molecule has 172 valence electrons. The molecule has 1 aromatic carbocycles. The number of carbonyl (C=O) groups is 1. The van der Waals surface area contributed by atoms with Crippen LogP contribution in [0.5, 0.6) is 0 Å². The zero-order valence-corrected chi connectivity index (χ0v) is 21.7. The fourth-order valence-corrected chi connectivity index (χ4v) is 7.84. The van der Waals surface area contributed by atoms with E-state index in [4.69, 9.17) is 17.3 Å². The molecule has 1 aliphatic heterocycles. The van der Waals surface area contributed by atoms with Gasteiger partial charge >= 0.3 is 0 Å². The molecule has 0 bridgehead atoms. The number of nitrogens with two attached hydrogens (primary N) is 1. The van der Waals surface area contributed by atoms with Crippen molar-refractivity contribution >= 4 is 38.4 Å². The number of hydrogen-bond acceptors (Lipinski definition) is 5. The van der Waals surface area contributed by atoms with E-state index in [0.29, 0.717) is 20.5 Å². The van der Waals surface area contributed by atoms with Gasteiger partial charge in [0.2, 0.25) is 5.91 Å². The molecule has 4 rings (SSSR count). The van der Waals surface area contributed by atoms with Gasteiger partial charge in [-0.3, -0.25) is 9.69 Å². The van der Waals surface area contributed by atoms with Gasteiger partial charge in [0.05, 0.1) is 15.6 Å². The molecule has 1 saturated heterocycles. The van der Waals surface area contributed by atoms with E-state index in [1.165, 1.54) is 11.3 Å². The molecule has 1 aromatic heterocycles. The molecule has 5 nitrogen and oxygen atoms in total. The van der Waals surface area contributed by atoms with Gasteiger partial charge in [0.15, 0.2) is 0 Å². The standard InChI is InChI=1S/C24H32ClN3O2SSi/c1-14(2)23(3,4)32-18-9-12-28(20(18)29)19(15-7-5-6-8-16(15)25)17-13-27-22(31-17)24(10-11-24)21(26)30/h5-8,13-14,18-20,29H,9-12H2,1-4H3,(H2,26,30)/t18?,19-,20?/m1/s1. The minimum Gasteiger partial charge on any atom is -0.378 e. The largest absolute Gasteiger partial charge is 0.378 e. The van der Waals surface area contributed by atoms with Crippen LogP contribution in [0.3, 0.4) is 0 Å². The molecule has 1 amide bonds. The monoisotopic (exact) mass is 489 g/mol. The van der Waals surface area contributed by atoms with E-state index >= 15 is 0 Å². The zero-order chi connectivity index (χ0) is 23.3. The highest BCUT2D eigenvalue weighted by Gasteiger charge is 2.53. The molecule has 2 radical (unpaired) electrons. The van der Waals surface area contributed by atoms with Gasteiger partial charge in [-0.25, -0.2) is 4.98 Å². The number of rotatable bonds is 8. The summed E-state index contributed by atoms with van der Waals surface area (Å²) in [7, 11) is 0.669. The topological polar surface area (TPSA) is 79.5 Å². The Morgan fingerprint density at radius 2 is 2.06 bits per heavy atom. The SMILES string of the molecule is CC(C)C(C)(C)[Si]C1CCN([C@@H](c2cnc(C3(C(N)=O)CC3)s2)c2ccccc2Cl)C1O. The van der Waals surface area contributed by atoms with E-state index in [1.54, 1.807) is 0 Å². The number of aliphatic hydroxyl groups excluding tert-OH is 1. The summed E-state index contributed by atoms with van der Waals surface area (Å²) in [6.07, 6.45) is 3.76. The summed E-state index contributed by atoms with van der Waals surface area (Å²) in [6.45, 7) is 9.89. The Bertz CT molecular complexity index is 991. The molecule has 2 heterocycles. The van der Waals surface area contributed by atoms with Crippen molar-refractivity contribution in [2.75, 3.05) is 6.54 Å². The Labute approximate surface area is 202 Å². The molecule has 8 heteroatoms. The number of nitrogens with zero attached hydrogens (tertiary/aromatic N) is 2. The predicted octanol–water partition coefficient (Wildman–Crippen LogP) is 4.77. The van der Waals surface area contributed by atoms with E-state index in [0.717, 1.165) is 41.3 Å². The lowest BCUT2D eigenvalue weighted by molar-refractivity contribution is -0.120. The number of halogens is 1. The first-order valence-electron chi connectivity index (χ1n) is 11.3. The van der Waals surface area contributed by atoms with Gasteiger partial charge in [-0.1, -0.05) is 57.5 Å². The van der Waals surface area contributed by atoms with Gasteiger partial charge in [-0.2, -0.15) is 0 Å². The summed E-state index contributed by atoms with van der Waals surface area (Å²) in [6, 6.07) is 7.61. The van der Waals surface area contributed by atoms with Crippen molar-refractivity contribution < 1.29 is 9.90 Å². The van der Waals surface area contributed by atoms with Crippen molar-refractivity contribution in [2.24, 2.45) is 11.7 Å². The first kappa shape index (κ1) is 23.9. The second kappa shape index (κ2) is 8.84. The maximum Gasteiger partial charge on any atom is 0.230 e. The lowest BCUT2D eigenvalue weighted by Gasteiger charge is -2.35. The fraction of sp³-hybridized carbons (Fsp3) is 0.583. The second-order valence-corrected chi connectivity index (χ2v) is 13.8. The zero-order valence-electron chi connectivity index (χ0n) is 19.1. The number of thiazole rings is 1. The van der Waals surface area contributed by atoms with Gasteiger partial charge < -0.3 is 10.8 Å². The Balaban J connectivity index is 1.67. The molecule has 1 saturated carbocycles. The van der Waals surface area contributed by atoms with Crippen molar-refractivity contribution in [1.29, 1.82) is 0 Å². The number of amides is 1. The fourth-order valence-electron chi connectivity index (χ4n) is 4.39. The molecule has 2 aromatic rings. The number of likely N-dealkylation sites (tertiary alicyclic amines) is 1. The lowest BCUT2D eigenvalue weighted by Crippen LogP contribution is -2.37. The molecular weight excluding hydrogens is 458 g/mol. The van der Waals surface area contributed by atoms with Crippen molar-refractivity contribution in [3.05, 3.63) is 50.9 Å². The minimum atomic E-state index is -0.608. The molecule has 0 spiro atoms. The minimum absolute atomic E-state index is 0.180. The highest BCUT2D eigenvalue weighted by molar-refractivity contribution is 7.12. The molecule has 1 aliphatic carbocycles. The Morgan fingerprint density at radius 1 is 1.38 bits per heavy atom. The highest BCUT2D eigenvalue weighted by Crippen LogP contribution is 2.51. The smallest absolute Gasteiger partial charge is 0.230 e. The van der Waals surface area contributed by atoms with Crippen LogP contribution in [0.25, 0.3) is 0 Å². The number of hydrogen-bond donors (Lipinski definition) is 2. The Morgan fingerprint density at radius 3 is 2.66 bits per heavy atom. The lowest BCUT2D eigenvalue weighted by atomic mass is 9.99. The third kappa shape index (κ3) is 4.30. The van der Waals surface area contributed by atoms with Crippen LogP contribution < -0.4 is 5.73 Å². The summed E-state index contributed by atoms with van der Waals surface area (Å²) in [5, 5.41) is 13.1. The van der Waals surface area contributed by atoms with E-state index in [-0.39, 0.29) is 22.5 Å². The molecule has 2 fully saturated rings. The molecule has 2 aliphatic rings. The molecular formula is C24H32ClN3O2SSi. The molecule has 32 heavy (non-hydrogen) atoms. The van der Waals surface area contributed by atoms with E-state index in [2.05, 4.69) is 37.6 Å². The maximum atomic E-state index is 12.0. The third-order valence-corrected chi connectivity index (χ3v) is 11.2. The number of carbonyl (C=O) groups excluding carboxylic acids is 1. The average molecular weight is 490 g/mol. The Kier molecular flexibility index (Phi) is 6.60. The number of primary amides is 1. The highest BCUT2D eigenvalue weighted by atomic mass is 35.5. The summed E-state index contributed by atoms with van der Waals surface area (Å²) in [5.41, 5.74) is 6.26. The van der Waals surface area contributed by atoms with Gasteiger partial charge in [-0.15, -0.1) is 11.3 Å². The quantitative estimate of drug-likeness (QED) is 0.523. The van der Waals surface area contributed by atoms with Gasteiger partial charge in [-0.05, 0) is 47.4 Å². The first-order chi connectivity index (χ1) is 15.1. The number of aliphatic hydroxyl groups is 1. The van der Waals surface area contributed by atoms with Crippen LogP contribution in [0, 0.1) is 5.92 Å². The molecule has 2 unspecified atom stereocenters. The van der Waals surface area contributed by atoms with Crippen LogP contribution >= 0.6 is 22.9 Å². The van der Waals surface area contributed by atoms with Crippen molar-refractivity contribution in [3.63, 3.8) is 0 Å².